The number of likely N-dealkylation sites (N-methyl/N-ethyl adjacent to an activating group) is 1. The van der Waals surface area contributed by atoms with Gasteiger partial charge in [0.15, 0.2) is 6.10 Å². The van der Waals surface area contributed by atoms with E-state index in [1.165, 1.54) is 0 Å². The van der Waals surface area contributed by atoms with E-state index in [1.54, 1.807) is 43.1 Å². The summed E-state index contributed by atoms with van der Waals surface area (Å²) in [5, 5.41) is 9.11. The van der Waals surface area contributed by atoms with Gasteiger partial charge in [-0.1, -0.05) is 30.3 Å². The van der Waals surface area contributed by atoms with E-state index in [9.17, 15) is 4.79 Å². The fourth-order valence-electron chi connectivity index (χ4n) is 2.02. The molecule has 1 atom stereocenters. The minimum absolute atomic E-state index is 0.0521. The van der Waals surface area contributed by atoms with E-state index in [2.05, 4.69) is 0 Å². The maximum atomic E-state index is 12.4. The monoisotopic (exact) mass is 285 g/mol. The molecule has 0 spiro atoms. The van der Waals surface area contributed by atoms with Crippen molar-refractivity contribution in [3.8, 4) is 5.75 Å². The summed E-state index contributed by atoms with van der Waals surface area (Å²) in [4.78, 5) is 13.9. The van der Waals surface area contributed by atoms with Gasteiger partial charge in [0.1, 0.15) is 5.75 Å². The number of rotatable bonds is 5. The van der Waals surface area contributed by atoms with Crippen LogP contribution in [0.5, 0.6) is 5.75 Å². The molecule has 0 heterocycles. The first kappa shape index (κ1) is 15.1. The topological polar surface area (TPSA) is 49.8 Å². The summed E-state index contributed by atoms with van der Waals surface area (Å²) in [6.07, 6.45) is -0.607. The Hall–Kier alpha value is -2.33. The van der Waals surface area contributed by atoms with Crippen molar-refractivity contribution >= 4 is 11.6 Å². The smallest absolute Gasteiger partial charge is 0.267 e. The molecular formula is C17H19NO3. The van der Waals surface area contributed by atoms with Crippen molar-refractivity contribution in [3.05, 3.63) is 60.2 Å². The molecule has 21 heavy (non-hydrogen) atoms. The summed E-state index contributed by atoms with van der Waals surface area (Å²) >= 11 is 0. The molecule has 4 nitrogen and oxygen atoms in total. The number of carbonyl (C=O) groups excluding carboxylic acids is 1. The molecule has 1 N–H and O–H groups in total. The highest BCUT2D eigenvalue weighted by Crippen LogP contribution is 2.17. The number of carbonyl (C=O) groups is 1. The number of hydrogen-bond acceptors (Lipinski definition) is 3. The van der Waals surface area contributed by atoms with Crippen LogP contribution in [0.1, 0.15) is 12.5 Å². The van der Waals surface area contributed by atoms with Crippen molar-refractivity contribution in [2.75, 3.05) is 11.9 Å². The normalized spacial score (nSPS) is 11.8. The van der Waals surface area contributed by atoms with Gasteiger partial charge < -0.3 is 14.7 Å². The molecule has 1 unspecified atom stereocenters. The first-order valence-corrected chi connectivity index (χ1v) is 6.81. The van der Waals surface area contributed by atoms with Crippen molar-refractivity contribution in [1.29, 1.82) is 0 Å². The van der Waals surface area contributed by atoms with E-state index in [1.807, 2.05) is 30.3 Å². The third-order valence-electron chi connectivity index (χ3n) is 3.22. The van der Waals surface area contributed by atoms with Crippen LogP contribution >= 0.6 is 0 Å². The lowest BCUT2D eigenvalue weighted by molar-refractivity contribution is -0.124. The number of nitrogens with zero attached hydrogens (tertiary/aromatic N) is 1. The molecule has 0 aliphatic carbocycles. The van der Waals surface area contributed by atoms with E-state index in [0.29, 0.717) is 5.75 Å². The molecule has 0 saturated carbocycles. The average molecular weight is 285 g/mol. The molecule has 0 bridgehead atoms. The van der Waals surface area contributed by atoms with Gasteiger partial charge in [-0.3, -0.25) is 4.79 Å². The summed E-state index contributed by atoms with van der Waals surface area (Å²) < 4.78 is 5.66. The van der Waals surface area contributed by atoms with Gasteiger partial charge in [-0.25, -0.2) is 0 Å². The fourth-order valence-corrected chi connectivity index (χ4v) is 2.02. The van der Waals surface area contributed by atoms with Crippen LogP contribution in [-0.4, -0.2) is 24.2 Å². The second-order valence-electron chi connectivity index (χ2n) is 4.80. The molecule has 0 fully saturated rings. The Morgan fingerprint density at radius 2 is 1.90 bits per heavy atom. The van der Waals surface area contributed by atoms with E-state index in [4.69, 9.17) is 9.84 Å². The largest absolute Gasteiger partial charge is 0.481 e. The minimum Gasteiger partial charge on any atom is -0.481 e. The van der Waals surface area contributed by atoms with Crippen molar-refractivity contribution in [2.24, 2.45) is 0 Å². The van der Waals surface area contributed by atoms with Crippen LogP contribution < -0.4 is 9.64 Å². The summed E-state index contributed by atoms with van der Waals surface area (Å²) in [7, 11) is 1.72. The zero-order valence-electron chi connectivity index (χ0n) is 12.2. The van der Waals surface area contributed by atoms with E-state index < -0.39 is 6.10 Å². The van der Waals surface area contributed by atoms with Crippen LogP contribution in [0.15, 0.2) is 54.6 Å². The van der Waals surface area contributed by atoms with Crippen molar-refractivity contribution in [1.82, 2.24) is 0 Å². The number of para-hydroxylation sites is 1. The molecule has 2 aromatic carbocycles. The quantitative estimate of drug-likeness (QED) is 0.918. The van der Waals surface area contributed by atoms with Gasteiger partial charge in [0, 0.05) is 12.7 Å². The van der Waals surface area contributed by atoms with Crippen LogP contribution in [0, 0.1) is 0 Å². The molecule has 1 amide bonds. The van der Waals surface area contributed by atoms with Crippen LogP contribution in [-0.2, 0) is 11.4 Å². The Labute approximate surface area is 124 Å². The second-order valence-corrected chi connectivity index (χ2v) is 4.80. The Balaban J connectivity index is 2.05. The first-order chi connectivity index (χ1) is 10.1. The van der Waals surface area contributed by atoms with Gasteiger partial charge in [0.05, 0.1) is 6.61 Å². The highest BCUT2D eigenvalue weighted by molar-refractivity contribution is 5.95. The van der Waals surface area contributed by atoms with Gasteiger partial charge in [0.2, 0.25) is 0 Å². The fraction of sp³-hybridized carbons (Fsp3) is 0.235. The molecule has 0 aliphatic rings. The van der Waals surface area contributed by atoms with Crippen LogP contribution in [0.4, 0.5) is 5.69 Å². The van der Waals surface area contributed by atoms with Crippen LogP contribution in [0.25, 0.3) is 0 Å². The van der Waals surface area contributed by atoms with E-state index >= 15 is 0 Å². The van der Waals surface area contributed by atoms with Gasteiger partial charge in [-0.15, -0.1) is 0 Å². The summed E-state index contributed by atoms with van der Waals surface area (Å²) in [5.74, 6) is 0.444. The second kappa shape index (κ2) is 6.90. The number of anilines is 1. The van der Waals surface area contributed by atoms with Crippen LogP contribution in [0.3, 0.4) is 0 Å². The summed E-state index contributed by atoms with van der Waals surface area (Å²) in [6.45, 7) is 1.66. The SMILES string of the molecule is CC(Oc1cccc(CO)c1)C(=O)N(C)c1ccccc1. The summed E-state index contributed by atoms with van der Waals surface area (Å²) in [5.41, 5.74) is 1.57. The zero-order chi connectivity index (χ0) is 15.2. The molecule has 2 rings (SSSR count). The number of hydrogen-bond donors (Lipinski definition) is 1. The van der Waals surface area contributed by atoms with Gasteiger partial charge >= 0.3 is 0 Å². The van der Waals surface area contributed by atoms with Crippen molar-refractivity contribution < 1.29 is 14.6 Å². The zero-order valence-corrected chi connectivity index (χ0v) is 12.2. The molecule has 0 radical (unpaired) electrons. The Morgan fingerprint density at radius 3 is 2.57 bits per heavy atom. The maximum absolute atomic E-state index is 12.4. The number of benzene rings is 2. The molecule has 4 heteroatoms. The Morgan fingerprint density at radius 1 is 1.19 bits per heavy atom. The maximum Gasteiger partial charge on any atom is 0.267 e. The van der Waals surface area contributed by atoms with E-state index in [0.717, 1.165) is 11.3 Å². The first-order valence-electron chi connectivity index (χ1n) is 6.81. The highest BCUT2D eigenvalue weighted by atomic mass is 16.5. The molecule has 2 aromatic rings. The Bertz CT molecular complexity index is 598. The number of amides is 1. The number of ether oxygens (including phenoxy) is 1. The molecule has 0 saturated heterocycles. The van der Waals surface area contributed by atoms with Gasteiger partial charge in [-0.05, 0) is 36.8 Å². The third kappa shape index (κ3) is 3.83. The molecule has 0 aromatic heterocycles. The van der Waals surface area contributed by atoms with Crippen molar-refractivity contribution in [3.63, 3.8) is 0 Å². The number of aliphatic hydroxyl groups is 1. The lowest BCUT2D eigenvalue weighted by Crippen LogP contribution is -2.38. The molecule has 0 aliphatic heterocycles. The van der Waals surface area contributed by atoms with Crippen molar-refractivity contribution in [2.45, 2.75) is 19.6 Å². The van der Waals surface area contributed by atoms with Gasteiger partial charge in [0.25, 0.3) is 5.91 Å². The molecule has 110 valence electrons. The lowest BCUT2D eigenvalue weighted by atomic mass is 10.2. The lowest BCUT2D eigenvalue weighted by Gasteiger charge is -2.22. The predicted molar refractivity (Wildman–Crippen MR) is 82.3 cm³/mol. The predicted octanol–water partition coefficient (Wildman–Crippen LogP) is 2.61. The highest BCUT2D eigenvalue weighted by Gasteiger charge is 2.20. The van der Waals surface area contributed by atoms with E-state index in [-0.39, 0.29) is 12.5 Å². The molecular weight excluding hydrogens is 266 g/mol. The summed E-state index contributed by atoms with van der Waals surface area (Å²) in [6, 6.07) is 16.5. The number of aliphatic hydroxyl groups excluding tert-OH is 1. The third-order valence-corrected chi connectivity index (χ3v) is 3.22. The average Bonchev–Trinajstić information content (AvgIpc) is 2.54. The Kier molecular flexibility index (Phi) is 4.95. The van der Waals surface area contributed by atoms with Crippen LogP contribution in [0.2, 0.25) is 0 Å². The standard InChI is InChI=1S/C17H19NO3/c1-13(21-16-10-6-7-14(11-16)12-19)17(20)18(2)15-8-4-3-5-9-15/h3-11,13,19H,12H2,1-2H3. The minimum atomic E-state index is -0.607. The van der Waals surface area contributed by atoms with Gasteiger partial charge in [-0.2, -0.15) is 0 Å².